The van der Waals surface area contributed by atoms with E-state index in [1.54, 1.807) is 0 Å². The number of unbranched alkanes of at least 4 members (excludes halogenated alkanes) is 1. The zero-order chi connectivity index (χ0) is 18.5. The van der Waals surface area contributed by atoms with Crippen molar-refractivity contribution >= 4 is 11.9 Å². The van der Waals surface area contributed by atoms with Gasteiger partial charge in [0.2, 0.25) is 0 Å². The molecular weight excluding hydrogens is 336 g/mol. The molecule has 0 aromatic heterocycles. The van der Waals surface area contributed by atoms with Crippen LogP contribution in [-0.4, -0.2) is 37.7 Å². The molecule has 2 fully saturated rings. The average molecular weight is 370 g/mol. The summed E-state index contributed by atoms with van der Waals surface area (Å²) in [4.78, 5) is 23.3. The number of esters is 2. The molecule has 0 saturated heterocycles. The van der Waals surface area contributed by atoms with Crippen LogP contribution in [0.1, 0.15) is 89.9 Å². The van der Waals surface area contributed by atoms with Crippen LogP contribution in [0, 0.1) is 0 Å². The van der Waals surface area contributed by atoms with Gasteiger partial charge in [0.05, 0.1) is 12.2 Å². The molecular formula is C20H34O6. The molecule has 0 aromatic rings. The van der Waals surface area contributed by atoms with Crippen molar-refractivity contribution in [2.24, 2.45) is 0 Å². The van der Waals surface area contributed by atoms with Gasteiger partial charge in [0, 0.05) is 12.8 Å². The second kappa shape index (κ2) is 13.1. The molecule has 150 valence electrons. The first-order valence-corrected chi connectivity index (χ1v) is 10.3. The van der Waals surface area contributed by atoms with Gasteiger partial charge in [-0.3, -0.25) is 9.59 Å². The Bertz CT molecular complexity index is 361. The molecule has 6 heteroatoms. The molecule has 0 amide bonds. The SMILES string of the molecule is O=C(CCCCC(=O)OCOC1CCCCC1)OCOC1CCCCC1. The summed E-state index contributed by atoms with van der Waals surface area (Å²) in [6, 6.07) is 0. The topological polar surface area (TPSA) is 71.1 Å². The van der Waals surface area contributed by atoms with E-state index < -0.39 is 0 Å². The van der Waals surface area contributed by atoms with E-state index in [1.807, 2.05) is 0 Å². The van der Waals surface area contributed by atoms with Gasteiger partial charge in [-0.1, -0.05) is 38.5 Å². The number of carbonyl (C=O) groups excluding carboxylic acids is 2. The van der Waals surface area contributed by atoms with Crippen molar-refractivity contribution in [2.75, 3.05) is 13.6 Å². The number of rotatable bonds is 11. The summed E-state index contributed by atoms with van der Waals surface area (Å²) in [6.07, 6.45) is 13.9. The van der Waals surface area contributed by atoms with Gasteiger partial charge in [-0.15, -0.1) is 0 Å². The molecule has 0 aromatic carbocycles. The fraction of sp³-hybridized carbons (Fsp3) is 0.900. The molecule has 0 atom stereocenters. The van der Waals surface area contributed by atoms with Crippen molar-refractivity contribution in [3.63, 3.8) is 0 Å². The predicted molar refractivity (Wildman–Crippen MR) is 96.3 cm³/mol. The highest BCUT2D eigenvalue weighted by Gasteiger charge is 2.15. The highest BCUT2D eigenvalue weighted by Crippen LogP contribution is 2.21. The monoisotopic (exact) mass is 370 g/mol. The Morgan fingerprint density at radius 3 is 1.38 bits per heavy atom. The van der Waals surface area contributed by atoms with Gasteiger partial charge in [-0.25, -0.2) is 0 Å². The minimum atomic E-state index is -0.269. The maximum absolute atomic E-state index is 11.6. The minimum absolute atomic E-state index is 0.0457. The Kier molecular flexibility index (Phi) is 10.7. The number of hydrogen-bond acceptors (Lipinski definition) is 6. The van der Waals surface area contributed by atoms with Gasteiger partial charge in [0.25, 0.3) is 0 Å². The lowest BCUT2D eigenvalue weighted by molar-refractivity contribution is -0.164. The zero-order valence-electron chi connectivity index (χ0n) is 15.9. The van der Waals surface area contributed by atoms with Crippen LogP contribution in [0.15, 0.2) is 0 Å². The summed E-state index contributed by atoms with van der Waals surface area (Å²) < 4.78 is 21.3. The normalized spacial score (nSPS) is 19.2. The molecule has 0 heterocycles. The lowest BCUT2D eigenvalue weighted by Gasteiger charge is -2.21. The highest BCUT2D eigenvalue weighted by atomic mass is 16.7. The number of ether oxygens (including phenoxy) is 4. The molecule has 2 aliphatic carbocycles. The zero-order valence-corrected chi connectivity index (χ0v) is 15.9. The van der Waals surface area contributed by atoms with E-state index in [1.165, 1.54) is 38.5 Å². The Balaban J connectivity index is 1.38. The summed E-state index contributed by atoms with van der Waals surface area (Å²) in [5, 5.41) is 0. The van der Waals surface area contributed by atoms with E-state index in [4.69, 9.17) is 18.9 Å². The van der Waals surface area contributed by atoms with Gasteiger partial charge < -0.3 is 18.9 Å². The fourth-order valence-electron chi connectivity index (χ4n) is 3.54. The Hall–Kier alpha value is -1.14. The predicted octanol–water partition coefficient (Wildman–Crippen LogP) is 4.25. The first-order valence-electron chi connectivity index (χ1n) is 10.3. The van der Waals surface area contributed by atoms with E-state index in [0.717, 1.165) is 25.7 Å². The minimum Gasteiger partial charge on any atom is -0.438 e. The lowest BCUT2D eigenvalue weighted by atomic mass is 9.98. The van der Waals surface area contributed by atoms with E-state index in [-0.39, 0.29) is 37.7 Å². The van der Waals surface area contributed by atoms with E-state index in [9.17, 15) is 9.59 Å². The maximum atomic E-state index is 11.6. The molecule has 0 unspecified atom stereocenters. The first-order chi connectivity index (χ1) is 12.7. The molecule has 0 spiro atoms. The van der Waals surface area contributed by atoms with Crippen LogP contribution in [-0.2, 0) is 28.5 Å². The van der Waals surface area contributed by atoms with E-state index >= 15 is 0 Å². The molecule has 26 heavy (non-hydrogen) atoms. The quantitative estimate of drug-likeness (QED) is 0.308. The Morgan fingerprint density at radius 1 is 0.615 bits per heavy atom. The molecule has 2 aliphatic rings. The average Bonchev–Trinajstić information content (AvgIpc) is 2.67. The molecule has 0 aliphatic heterocycles. The maximum Gasteiger partial charge on any atom is 0.307 e. The first kappa shape index (κ1) is 21.2. The third kappa shape index (κ3) is 9.53. The van der Waals surface area contributed by atoms with Crippen LogP contribution < -0.4 is 0 Å². The summed E-state index contributed by atoms with van der Waals surface area (Å²) >= 11 is 0. The summed E-state index contributed by atoms with van der Waals surface area (Å²) in [5.74, 6) is -0.537. The second-order valence-corrected chi connectivity index (χ2v) is 7.33. The largest absolute Gasteiger partial charge is 0.438 e. The highest BCUT2D eigenvalue weighted by molar-refractivity contribution is 5.70. The molecule has 6 nitrogen and oxygen atoms in total. The Morgan fingerprint density at radius 2 is 1.00 bits per heavy atom. The van der Waals surface area contributed by atoms with Gasteiger partial charge in [0.15, 0.2) is 13.6 Å². The summed E-state index contributed by atoms with van der Waals surface area (Å²) in [7, 11) is 0. The Labute approximate surface area is 156 Å². The molecule has 0 bridgehead atoms. The van der Waals surface area contributed by atoms with Crippen molar-refractivity contribution in [1.82, 2.24) is 0 Å². The molecule has 0 radical (unpaired) electrons. The number of carbonyl (C=O) groups is 2. The van der Waals surface area contributed by atoms with Crippen molar-refractivity contribution in [3.05, 3.63) is 0 Å². The molecule has 0 N–H and O–H groups in total. The van der Waals surface area contributed by atoms with Crippen LogP contribution >= 0.6 is 0 Å². The van der Waals surface area contributed by atoms with Crippen LogP contribution in [0.5, 0.6) is 0 Å². The van der Waals surface area contributed by atoms with Crippen LogP contribution in [0.2, 0.25) is 0 Å². The van der Waals surface area contributed by atoms with Crippen molar-refractivity contribution in [2.45, 2.75) is 102 Å². The van der Waals surface area contributed by atoms with Crippen molar-refractivity contribution < 1.29 is 28.5 Å². The van der Waals surface area contributed by atoms with Crippen LogP contribution in [0.3, 0.4) is 0 Å². The van der Waals surface area contributed by atoms with Crippen molar-refractivity contribution in [1.29, 1.82) is 0 Å². The standard InChI is InChI=1S/C20H34O6/c21-19(25-15-23-17-9-3-1-4-10-17)13-7-8-14-20(22)26-16-24-18-11-5-2-6-12-18/h17-18H,1-16H2. The van der Waals surface area contributed by atoms with E-state index in [0.29, 0.717) is 25.7 Å². The summed E-state index contributed by atoms with van der Waals surface area (Å²) in [5.41, 5.74) is 0. The van der Waals surface area contributed by atoms with Gasteiger partial charge >= 0.3 is 11.9 Å². The third-order valence-corrected chi connectivity index (χ3v) is 5.16. The molecule has 2 rings (SSSR count). The van der Waals surface area contributed by atoms with Gasteiger partial charge in [-0.2, -0.15) is 0 Å². The smallest absolute Gasteiger partial charge is 0.307 e. The van der Waals surface area contributed by atoms with Gasteiger partial charge in [0.1, 0.15) is 0 Å². The summed E-state index contributed by atoms with van der Waals surface area (Å²) in [6.45, 7) is 0.0914. The lowest BCUT2D eigenvalue weighted by Crippen LogP contribution is -2.20. The van der Waals surface area contributed by atoms with Gasteiger partial charge in [-0.05, 0) is 38.5 Å². The van der Waals surface area contributed by atoms with Crippen LogP contribution in [0.25, 0.3) is 0 Å². The number of hydrogen-bond donors (Lipinski definition) is 0. The second-order valence-electron chi connectivity index (χ2n) is 7.33. The van der Waals surface area contributed by atoms with Crippen molar-refractivity contribution in [3.8, 4) is 0 Å². The van der Waals surface area contributed by atoms with E-state index in [2.05, 4.69) is 0 Å². The fourth-order valence-corrected chi connectivity index (χ4v) is 3.54. The molecule has 2 saturated carbocycles. The van der Waals surface area contributed by atoms with Crippen LogP contribution in [0.4, 0.5) is 0 Å². The third-order valence-electron chi connectivity index (χ3n) is 5.16.